The highest BCUT2D eigenvalue weighted by atomic mass is 35.5. The second-order valence-electron chi connectivity index (χ2n) is 7.21. The molecule has 0 unspecified atom stereocenters. The average molecular weight is 511 g/mol. The number of carbonyl (C=O) groups is 1. The molecule has 35 heavy (non-hydrogen) atoms. The second kappa shape index (κ2) is 11.5. The Bertz CT molecular complexity index is 1340. The van der Waals surface area contributed by atoms with Crippen molar-refractivity contribution in [3.63, 3.8) is 0 Å². The molecule has 1 aromatic heterocycles. The van der Waals surface area contributed by atoms with Gasteiger partial charge in [0.25, 0.3) is 5.91 Å². The Morgan fingerprint density at radius 2 is 1.94 bits per heavy atom. The van der Waals surface area contributed by atoms with Crippen molar-refractivity contribution in [2.24, 2.45) is 5.10 Å². The number of carbonyl (C=O) groups excluding carboxylic acids is 1. The number of methoxy groups -OCH3 is 1. The third-order valence-electron chi connectivity index (χ3n) is 4.78. The third kappa shape index (κ3) is 6.34. The first-order valence-corrected chi connectivity index (χ1v) is 11.2. The van der Waals surface area contributed by atoms with Crippen LogP contribution in [-0.4, -0.2) is 39.4 Å². The summed E-state index contributed by atoms with van der Waals surface area (Å²) in [7, 11) is 1.54. The molecule has 0 radical (unpaired) electrons. The van der Waals surface area contributed by atoms with Crippen LogP contribution in [0.3, 0.4) is 0 Å². The zero-order valence-corrected chi connectivity index (χ0v) is 20.1. The molecule has 0 fully saturated rings. The van der Waals surface area contributed by atoms with E-state index in [0.29, 0.717) is 32.9 Å². The zero-order chi connectivity index (χ0) is 24.6. The molecule has 1 heterocycles. The molecule has 0 aliphatic carbocycles. The summed E-state index contributed by atoms with van der Waals surface area (Å²) >= 11 is 12.2. The number of para-hydroxylation sites is 1. The fourth-order valence-corrected chi connectivity index (χ4v) is 3.55. The maximum atomic E-state index is 12.3. The van der Waals surface area contributed by atoms with Crippen molar-refractivity contribution < 1.29 is 14.3 Å². The molecular formula is C24H20Cl2N6O3. The normalized spacial score (nSPS) is 10.9. The Labute approximate surface area is 211 Å². The van der Waals surface area contributed by atoms with Gasteiger partial charge in [0.05, 0.1) is 13.3 Å². The molecule has 0 spiro atoms. The van der Waals surface area contributed by atoms with Crippen molar-refractivity contribution in [1.82, 2.24) is 25.6 Å². The van der Waals surface area contributed by atoms with E-state index in [1.54, 1.807) is 36.4 Å². The van der Waals surface area contributed by atoms with Crippen LogP contribution in [0.4, 0.5) is 0 Å². The summed E-state index contributed by atoms with van der Waals surface area (Å²) in [5, 5.41) is 17.2. The molecule has 0 atom stereocenters. The highest BCUT2D eigenvalue weighted by Crippen LogP contribution is 2.32. The Morgan fingerprint density at radius 1 is 1.11 bits per heavy atom. The minimum absolute atomic E-state index is 0.145. The Morgan fingerprint density at radius 3 is 2.71 bits per heavy atom. The van der Waals surface area contributed by atoms with E-state index in [-0.39, 0.29) is 13.2 Å². The lowest BCUT2D eigenvalue weighted by molar-refractivity contribution is -0.122. The Hall–Kier alpha value is -3.95. The maximum Gasteiger partial charge on any atom is 0.263 e. The Kier molecular flexibility index (Phi) is 7.92. The summed E-state index contributed by atoms with van der Waals surface area (Å²) in [5.41, 5.74) is 4.62. The van der Waals surface area contributed by atoms with Gasteiger partial charge in [0, 0.05) is 26.7 Å². The van der Waals surface area contributed by atoms with Crippen LogP contribution in [0, 0.1) is 0 Å². The van der Waals surface area contributed by atoms with E-state index in [1.165, 1.54) is 18.1 Å². The van der Waals surface area contributed by atoms with E-state index in [0.717, 1.165) is 11.1 Å². The molecule has 3 aromatic carbocycles. The smallest absolute Gasteiger partial charge is 0.263 e. The van der Waals surface area contributed by atoms with Gasteiger partial charge in [-0.25, -0.2) is 5.43 Å². The summed E-state index contributed by atoms with van der Waals surface area (Å²) in [6.07, 6.45) is 1.46. The molecule has 0 saturated carbocycles. The number of nitrogens with zero attached hydrogens (tertiary/aromatic N) is 5. The number of rotatable bonds is 9. The molecule has 4 aromatic rings. The van der Waals surface area contributed by atoms with Crippen LogP contribution in [0.25, 0.3) is 11.4 Å². The quantitative estimate of drug-likeness (QED) is 0.264. The molecule has 11 heteroatoms. The van der Waals surface area contributed by atoms with Crippen molar-refractivity contribution in [3.8, 4) is 22.9 Å². The van der Waals surface area contributed by atoms with E-state index in [1.807, 2.05) is 30.3 Å². The molecule has 4 rings (SSSR count). The van der Waals surface area contributed by atoms with Crippen molar-refractivity contribution in [2.45, 2.75) is 13.2 Å². The van der Waals surface area contributed by atoms with Gasteiger partial charge in [-0.1, -0.05) is 65.7 Å². The molecule has 1 amide bonds. The molecule has 0 saturated heterocycles. The van der Waals surface area contributed by atoms with Gasteiger partial charge < -0.3 is 9.47 Å². The molecule has 0 aliphatic heterocycles. The van der Waals surface area contributed by atoms with Gasteiger partial charge in [0.2, 0.25) is 5.82 Å². The van der Waals surface area contributed by atoms with E-state index < -0.39 is 5.91 Å². The molecular weight excluding hydrogens is 491 g/mol. The van der Waals surface area contributed by atoms with Gasteiger partial charge in [-0.05, 0) is 29.5 Å². The summed E-state index contributed by atoms with van der Waals surface area (Å²) in [6.45, 7) is 0.0407. The number of halogens is 2. The minimum Gasteiger partial charge on any atom is -0.493 e. The second-order valence-corrected chi connectivity index (χ2v) is 8.05. The van der Waals surface area contributed by atoms with Crippen LogP contribution < -0.4 is 14.9 Å². The SMILES string of the molecule is COc1cccc(/C=N/NC(=O)Cn2nnc(-c3ccccc3)n2)c1OCc1ccc(Cl)cc1Cl. The predicted molar refractivity (Wildman–Crippen MR) is 133 cm³/mol. The minimum atomic E-state index is -0.420. The summed E-state index contributed by atoms with van der Waals surface area (Å²) in [5.74, 6) is 0.965. The first-order valence-electron chi connectivity index (χ1n) is 10.4. The lowest BCUT2D eigenvalue weighted by atomic mass is 10.2. The highest BCUT2D eigenvalue weighted by Gasteiger charge is 2.12. The monoisotopic (exact) mass is 510 g/mol. The summed E-state index contributed by atoms with van der Waals surface area (Å²) in [4.78, 5) is 13.5. The number of nitrogens with one attached hydrogen (secondary N) is 1. The third-order valence-corrected chi connectivity index (χ3v) is 5.37. The van der Waals surface area contributed by atoms with Crippen LogP contribution in [0.5, 0.6) is 11.5 Å². The van der Waals surface area contributed by atoms with Crippen molar-refractivity contribution in [2.75, 3.05) is 7.11 Å². The van der Waals surface area contributed by atoms with Gasteiger partial charge in [-0.15, -0.1) is 10.2 Å². The number of hydrogen-bond acceptors (Lipinski definition) is 7. The zero-order valence-electron chi connectivity index (χ0n) is 18.6. The molecule has 0 bridgehead atoms. The largest absolute Gasteiger partial charge is 0.493 e. The number of hydrazone groups is 1. The number of ether oxygens (including phenoxy) is 2. The predicted octanol–water partition coefficient (Wildman–Crippen LogP) is 4.38. The van der Waals surface area contributed by atoms with Gasteiger partial charge in [-0.2, -0.15) is 9.90 Å². The van der Waals surface area contributed by atoms with Crippen LogP contribution >= 0.6 is 23.2 Å². The van der Waals surface area contributed by atoms with E-state index in [4.69, 9.17) is 32.7 Å². The molecule has 1 N–H and O–H groups in total. The fraction of sp³-hybridized carbons (Fsp3) is 0.125. The van der Waals surface area contributed by atoms with Gasteiger partial charge in [0.15, 0.2) is 11.5 Å². The van der Waals surface area contributed by atoms with Crippen molar-refractivity contribution >= 4 is 35.3 Å². The number of aromatic nitrogens is 4. The lowest BCUT2D eigenvalue weighted by Gasteiger charge is -2.14. The van der Waals surface area contributed by atoms with E-state index in [2.05, 4.69) is 25.9 Å². The van der Waals surface area contributed by atoms with E-state index >= 15 is 0 Å². The summed E-state index contributed by atoms with van der Waals surface area (Å²) < 4.78 is 11.4. The molecule has 0 aliphatic rings. The van der Waals surface area contributed by atoms with Crippen LogP contribution in [0.1, 0.15) is 11.1 Å². The lowest BCUT2D eigenvalue weighted by Crippen LogP contribution is -2.24. The first-order chi connectivity index (χ1) is 17.0. The highest BCUT2D eigenvalue weighted by molar-refractivity contribution is 6.35. The van der Waals surface area contributed by atoms with Gasteiger partial charge in [-0.3, -0.25) is 4.79 Å². The van der Waals surface area contributed by atoms with Gasteiger partial charge >= 0.3 is 0 Å². The number of benzene rings is 3. The van der Waals surface area contributed by atoms with Crippen LogP contribution in [0.2, 0.25) is 10.0 Å². The van der Waals surface area contributed by atoms with Crippen LogP contribution in [0.15, 0.2) is 71.8 Å². The molecule has 9 nitrogen and oxygen atoms in total. The number of hydrogen-bond donors (Lipinski definition) is 1. The van der Waals surface area contributed by atoms with Crippen molar-refractivity contribution in [3.05, 3.63) is 87.9 Å². The average Bonchev–Trinajstić information content (AvgIpc) is 3.33. The number of tetrazole rings is 1. The van der Waals surface area contributed by atoms with Crippen molar-refractivity contribution in [1.29, 1.82) is 0 Å². The fourth-order valence-electron chi connectivity index (χ4n) is 3.09. The van der Waals surface area contributed by atoms with E-state index in [9.17, 15) is 4.79 Å². The standard InChI is InChI=1S/C24H20Cl2N6O3/c1-34-21-9-5-8-17(23(21)35-15-18-10-11-19(25)12-20(18)26)13-27-28-22(33)14-32-30-24(29-31-32)16-6-3-2-4-7-16/h2-13H,14-15H2,1H3,(H,28,33)/b27-13+. The summed E-state index contributed by atoms with van der Waals surface area (Å²) in [6, 6.07) is 19.9. The van der Waals surface area contributed by atoms with Crippen LogP contribution in [-0.2, 0) is 17.9 Å². The first kappa shape index (κ1) is 24.2. The maximum absolute atomic E-state index is 12.3. The Balaban J connectivity index is 1.40. The number of amides is 1. The topological polar surface area (TPSA) is 104 Å². The van der Waals surface area contributed by atoms with Gasteiger partial charge in [0.1, 0.15) is 13.2 Å². The molecule has 178 valence electrons.